The molecule has 0 aliphatic carbocycles. The predicted molar refractivity (Wildman–Crippen MR) is 115 cm³/mol. The van der Waals surface area contributed by atoms with Gasteiger partial charge in [-0.3, -0.25) is 9.69 Å². The minimum Gasteiger partial charge on any atom is -0.497 e. The molecule has 7 heteroatoms. The van der Waals surface area contributed by atoms with E-state index in [0.29, 0.717) is 12.2 Å². The number of benzene rings is 3. The van der Waals surface area contributed by atoms with Crippen LogP contribution in [0, 0.1) is 0 Å². The molecule has 29 heavy (non-hydrogen) atoms. The van der Waals surface area contributed by atoms with Crippen molar-refractivity contribution in [3.05, 3.63) is 66.2 Å². The third kappa shape index (κ3) is 5.56. The van der Waals surface area contributed by atoms with Gasteiger partial charge < -0.3 is 10.1 Å². The maximum absolute atomic E-state index is 12.3. The smallest absolute Gasteiger partial charge is 0.238 e. The van der Waals surface area contributed by atoms with E-state index in [-0.39, 0.29) is 17.3 Å². The second-order valence-electron chi connectivity index (χ2n) is 7.07. The number of nitrogens with one attached hydrogen (secondary N) is 1. The predicted octanol–water partition coefficient (Wildman–Crippen LogP) is 3.32. The summed E-state index contributed by atoms with van der Waals surface area (Å²) in [5.74, 6) is 0.614. The molecule has 0 bridgehead atoms. The molecule has 3 aromatic carbocycles. The zero-order valence-corrected chi connectivity index (χ0v) is 17.5. The first kappa shape index (κ1) is 20.8. The van der Waals surface area contributed by atoms with Gasteiger partial charge in [0.25, 0.3) is 0 Å². The number of likely N-dealkylation sites (N-methyl/N-ethyl adjacent to an activating group) is 1. The normalized spacial score (nSPS) is 11.6. The van der Waals surface area contributed by atoms with Gasteiger partial charge in [0.05, 0.1) is 18.6 Å². The Labute approximate surface area is 171 Å². The van der Waals surface area contributed by atoms with E-state index in [2.05, 4.69) is 11.4 Å². The first-order valence-corrected chi connectivity index (χ1v) is 11.0. The van der Waals surface area contributed by atoms with Gasteiger partial charge in [0, 0.05) is 18.5 Å². The van der Waals surface area contributed by atoms with Crippen molar-refractivity contribution in [2.45, 2.75) is 11.4 Å². The highest BCUT2D eigenvalue weighted by atomic mass is 32.2. The number of carbonyl (C=O) groups is 1. The van der Waals surface area contributed by atoms with Crippen LogP contribution in [0.2, 0.25) is 0 Å². The summed E-state index contributed by atoms with van der Waals surface area (Å²) in [6.45, 7) is 0.794. The zero-order valence-electron chi connectivity index (χ0n) is 16.7. The summed E-state index contributed by atoms with van der Waals surface area (Å²) >= 11 is 0. The highest BCUT2D eigenvalue weighted by Gasteiger charge is 2.11. The number of hydrogen-bond donors (Lipinski definition) is 1. The number of ether oxygens (including phenoxy) is 1. The van der Waals surface area contributed by atoms with Gasteiger partial charge in [-0.05, 0) is 59.8 Å². The van der Waals surface area contributed by atoms with Crippen LogP contribution in [0.5, 0.6) is 5.75 Å². The van der Waals surface area contributed by atoms with Crippen molar-refractivity contribution in [2.24, 2.45) is 0 Å². The van der Waals surface area contributed by atoms with Crippen LogP contribution < -0.4 is 10.1 Å². The molecule has 152 valence electrons. The van der Waals surface area contributed by atoms with E-state index in [1.54, 1.807) is 19.2 Å². The van der Waals surface area contributed by atoms with Crippen LogP contribution in [0.15, 0.2) is 65.6 Å². The number of hydrogen-bond acceptors (Lipinski definition) is 5. The number of nitrogens with zero attached hydrogens (tertiary/aromatic N) is 1. The molecule has 0 unspecified atom stereocenters. The van der Waals surface area contributed by atoms with Crippen LogP contribution in [0.4, 0.5) is 5.69 Å². The number of rotatable bonds is 7. The first-order chi connectivity index (χ1) is 13.7. The molecule has 0 saturated heterocycles. The standard InChI is InChI=1S/C22H24N2O4S/c1-24(14-16-7-8-18-12-20(28-2)10-9-17(18)11-16)15-22(25)23-19-5-4-6-21(13-19)29(3,26)27/h4-13H,14-15H2,1-3H3,(H,23,25). The SMILES string of the molecule is COc1ccc2cc(CN(C)CC(=O)Nc3cccc(S(C)(=O)=O)c3)ccc2c1. The van der Waals surface area contributed by atoms with Crippen LogP contribution in [-0.4, -0.2) is 46.2 Å². The summed E-state index contributed by atoms with van der Waals surface area (Å²) in [6, 6.07) is 18.3. The van der Waals surface area contributed by atoms with Crippen molar-refractivity contribution in [2.75, 3.05) is 32.3 Å². The number of sulfone groups is 1. The molecule has 0 spiro atoms. The molecule has 3 rings (SSSR count). The monoisotopic (exact) mass is 412 g/mol. The summed E-state index contributed by atoms with van der Waals surface area (Å²) < 4.78 is 28.6. The van der Waals surface area contributed by atoms with Gasteiger partial charge in [0.1, 0.15) is 5.75 Å². The minimum absolute atomic E-state index is 0.177. The molecule has 0 fully saturated rings. The Morgan fingerprint density at radius 2 is 1.76 bits per heavy atom. The van der Waals surface area contributed by atoms with E-state index in [0.717, 1.165) is 28.3 Å². The zero-order chi connectivity index (χ0) is 21.0. The van der Waals surface area contributed by atoms with Gasteiger partial charge in [-0.15, -0.1) is 0 Å². The number of anilines is 1. The summed E-state index contributed by atoms with van der Waals surface area (Å²) in [5, 5.41) is 4.96. The molecule has 0 aliphatic rings. The molecular formula is C22H24N2O4S. The Morgan fingerprint density at radius 3 is 2.48 bits per heavy atom. The number of fused-ring (bicyclic) bond motifs is 1. The van der Waals surface area contributed by atoms with E-state index in [9.17, 15) is 13.2 Å². The molecule has 0 saturated carbocycles. The number of carbonyl (C=O) groups excluding carboxylic acids is 1. The maximum Gasteiger partial charge on any atom is 0.238 e. The third-order valence-corrected chi connectivity index (χ3v) is 5.63. The quantitative estimate of drug-likeness (QED) is 0.644. The van der Waals surface area contributed by atoms with Crippen LogP contribution in [0.25, 0.3) is 10.8 Å². The van der Waals surface area contributed by atoms with Crippen molar-refractivity contribution in [1.29, 1.82) is 0 Å². The van der Waals surface area contributed by atoms with Gasteiger partial charge in [-0.2, -0.15) is 0 Å². The summed E-state index contributed by atoms with van der Waals surface area (Å²) in [6.07, 6.45) is 1.14. The Kier molecular flexibility index (Phi) is 6.20. The fourth-order valence-corrected chi connectivity index (χ4v) is 3.78. The largest absolute Gasteiger partial charge is 0.497 e. The molecular weight excluding hydrogens is 388 g/mol. The lowest BCUT2D eigenvalue weighted by Crippen LogP contribution is -2.29. The van der Waals surface area contributed by atoms with Gasteiger partial charge in [0.2, 0.25) is 5.91 Å². The van der Waals surface area contributed by atoms with E-state index < -0.39 is 9.84 Å². The fraction of sp³-hybridized carbons (Fsp3) is 0.227. The summed E-state index contributed by atoms with van der Waals surface area (Å²) in [5.41, 5.74) is 1.56. The maximum atomic E-state index is 12.3. The summed E-state index contributed by atoms with van der Waals surface area (Å²) in [7, 11) is 0.195. The second-order valence-corrected chi connectivity index (χ2v) is 9.08. The highest BCUT2D eigenvalue weighted by Crippen LogP contribution is 2.22. The number of methoxy groups -OCH3 is 1. The van der Waals surface area contributed by atoms with E-state index in [1.807, 2.05) is 42.3 Å². The summed E-state index contributed by atoms with van der Waals surface area (Å²) in [4.78, 5) is 14.4. The van der Waals surface area contributed by atoms with Crippen LogP contribution >= 0.6 is 0 Å². The fourth-order valence-electron chi connectivity index (χ4n) is 3.12. The molecule has 1 amide bonds. The van der Waals surface area contributed by atoms with Crippen molar-refractivity contribution >= 4 is 32.2 Å². The molecule has 0 aromatic heterocycles. The van der Waals surface area contributed by atoms with E-state index in [1.165, 1.54) is 12.1 Å². The van der Waals surface area contributed by atoms with Crippen molar-refractivity contribution in [1.82, 2.24) is 4.90 Å². The molecule has 1 N–H and O–H groups in total. The van der Waals surface area contributed by atoms with Crippen LogP contribution in [-0.2, 0) is 21.2 Å². The average molecular weight is 413 g/mol. The van der Waals surface area contributed by atoms with Gasteiger partial charge >= 0.3 is 0 Å². The van der Waals surface area contributed by atoms with Crippen LogP contribution in [0.3, 0.4) is 0 Å². The van der Waals surface area contributed by atoms with Gasteiger partial charge in [-0.1, -0.05) is 24.3 Å². The Hall–Kier alpha value is -2.90. The minimum atomic E-state index is -3.32. The number of amides is 1. The first-order valence-electron chi connectivity index (χ1n) is 9.10. The third-order valence-electron chi connectivity index (χ3n) is 4.52. The van der Waals surface area contributed by atoms with Crippen molar-refractivity contribution < 1.29 is 17.9 Å². The molecule has 3 aromatic rings. The van der Waals surface area contributed by atoms with E-state index >= 15 is 0 Å². The lowest BCUT2D eigenvalue weighted by atomic mass is 10.1. The van der Waals surface area contributed by atoms with Crippen molar-refractivity contribution in [3.8, 4) is 5.75 Å². The Balaban J connectivity index is 1.62. The van der Waals surface area contributed by atoms with Gasteiger partial charge in [0.15, 0.2) is 9.84 Å². The highest BCUT2D eigenvalue weighted by molar-refractivity contribution is 7.90. The van der Waals surface area contributed by atoms with Crippen molar-refractivity contribution in [3.63, 3.8) is 0 Å². The molecule has 6 nitrogen and oxygen atoms in total. The topological polar surface area (TPSA) is 75.7 Å². The molecule has 0 radical (unpaired) electrons. The Bertz CT molecular complexity index is 1140. The van der Waals surface area contributed by atoms with Gasteiger partial charge in [-0.25, -0.2) is 8.42 Å². The lowest BCUT2D eigenvalue weighted by Gasteiger charge is -2.17. The Morgan fingerprint density at radius 1 is 1.03 bits per heavy atom. The molecule has 0 atom stereocenters. The average Bonchev–Trinajstić information content (AvgIpc) is 2.66. The molecule has 0 aliphatic heterocycles. The molecule has 0 heterocycles. The van der Waals surface area contributed by atoms with E-state index in [4.69, 9.17) is 4.74 Å². The second kappa shape index (κ2) is 8.63. The lowest BCUT2D eigenvalue weighted by molar-refractivity contribution is -0.117. The van der Waals surface area contributed by atoms with Crippen LogP contribution in [0.1, 0.15) is 5.56 Å².